The Hall–Kier alpha value is -1.78. The van der Waals surface area contributed by atoms with Gasteiger partial charge in [0.1, 0.15) is 11.6 Å². The number of nitrogens with one attached hydrogen (secondary N) is 1. The Morgan fingerprint density at radius 3 is 2.67 bits per heavy atom. The molecule has 0 aromatic heterocycles. The van der Waals surface area contributed by atoms with E-state index in [4.69, 9.17) is 0 Å². The summed E-state index contributed by atoms with van der Waals surface area (Å²) in [4.78, 5) is 10.8. The van der Waals surface area contributed by atoms with Crippen molar-refractivity contribution in [1.82, 2.24) is 5.43 Å². The molecule has 1 heterocycles. The highest BCUT2D eigenvalue weighted by atomic mass is 19.1. The number of benzene rings is 1. The minimum atomic E-state index is -0.566. The van der Waals surface area contributed by atoms with Crippen molar-refractivity contribution < 1.29 is 13.6 Å². The van der Waals surface area contributed by atoms with Crippen LogP contribution in [0.3, 0.4) is 0 Å². The van der Waals surface area contributed by atoms with Gasteiger partial charge in [0.25, 0.3) is 0 Å². The van der Waals surface area contributed by atoms with Crippen molar-refractivity contribution in [2.24, 2.45) is 5.10 Å². The van der Waals surface area contributed by atoms with Crippen molar-refractivity contribution in [3.8, 4) is 0 Å². The van der Waals surface area contributed by atoms with Crippen LogP contribution in [0.4, 0.5) is 8.78 Å². The SMILES string of the molecule is Cc1cc(F)c(C2=NNC(=O)C2)cc1F. The molecular formula is C10H8F2N2O. The number of hydrogen-bond donors (Lipinski definition) is 1. The Morgan fingerprint density at radius 2 is 2.07 bits per heavy atom. The molecule has 15 heavy (non-hydrogen) atoms. The predicted molar refractivity (Wildman–Crippen MR) is 50.4 cm³/mol. The van der Waals surface area contributed by atoms with Gasteiger partial charge >= 0.3 is 0 Å². The van der Waals surface area contributed by atoms with Crippen molar-refractivity contribution in [2.75, 3.05) is 0 Å². The van der Waals surface area contributed by atoms with Crippen LogP contribution < -0.4 is 5.43 Å². The van der Waals surface area contributed by atoms with Gasteiger partial charge in [0, 0.05) is 5.56 Å². The van der Waals surface area contributed by atoms with E-state index in [1.165, 1.54) is 6.92 Å². The van der Waals surface area contributed by atoms with E-state index in [9.17, 15) is 13.6 Å². The van der Waals surface area contributed by atoms with E-state index in [0.717, 1.165) is 12.1 Å². The zero-order chi connectivity index (χ0) is 11.0. The van der Waals surface area contributed by atoms with E-state index in [1.807, 2.05) is 0 Å². The Balaban J connectivity index is 2.45. The molecular weight excluding hydrogens is 202 g/mol. The lowest BCUT2D eigenvalue weighted by molar-refractivity contribution is -0.119. The van der Waals surface area contributed by atoms with Crippen LogP contribution in [-0.2, 0) is 4.79 Å². The van der Waals surface area contributed by atoms with Crippen molar-refractivity contribution in [3.05, 3.63) is 34.9 Å². The average molecular weight is 210 g/mol. The number of rotatable bonds is 1. The number of halogens is 2. The van der Waals surface area contributed by atoms with Gasteiger partial charge in [-0.25, -0.2) is 14.2 Å². The van der Waals surface area contributed by atoms with E-state index in [-0.39, 0.29) is 29.2 Å². The molecule has 1 aromatic carbocycles. The highest BCUT2D eigenvalue weighted by molar-refractivity contribution is 6.13. The highest BCUT2D eigenvalue weighted by Crippen LogP contribution is 2.17. The third kappa shape index (κ3) is 1.72. The molecule has 0 saturated carbocycles. The largest absolute Gasteiger partial charge is 0.273 e. The van der Waals surface area contributed by atoms with Crippen LogP contribution in [-0.4, -0.2) is 11.6 Å². The molecule has 1 aliphatic heterocycles. The summed E-state index contributed by atoms with van der Waals surface area (Å²) in [5.41, 5.74) is 2.69. The molecule has 0 atom stereocenters. The Labute approximate surface area is 84.8 Å². The first kappa shape index (κ1) is 9.76. The summed E-state index contributed by atoms with van der Waals surface area (Å²) >= 11 is 0. The van der Waals surface area contributed by atoms with E-state index >= 15 is 0 Å². The van der Waals surface area contributed by atoms with Gasteiger partial charge in [0.15, 0.2) is 0 Å². The number of amides is 1. The molecule has 78 valence electrons. The molecule has 1 aliphatic rings. The van der Waals surface area contributed by atoms with Crippen LogP contribution in [0, 0.1) is 18.6 Å². The van der Waals surface area contributed by atoms with E-state index in [2.05, 4.69) is 10.5 Å². The molecule has 1 N–H and O–H groups in total. The molecule has 1 amide bonds. The summed E-state index contributed by atoms with van der Waals surface area (Å²) in [6.45, 7) is 1.47. The van der Waals surface area contributed by atoms with Gasteiger partial charge in [0.05, 0.1) is 12.1 Å². The molecule has 3 nitrogen and oxygen atoms in total. The van der Waals surface area contributed by atoms with Gasteiger partial charge in [-0.1, -0.05) is 0 Å². The quantitative estimate of drug-likeness (QED) is 0.749. The summed E-state index contributed by atoms with van der Waals surface area (Å²) < 4.78 is 26.6. The lowest BCUT2D eigenvalue weighted by Crippen LogP contribution is -2.09. The van der Waals surface area contributed by atoms with Crippen LogP contribution in [0.5, 0.6) is 0 Å². The zero-order valence-corrected chi connectivity index (χ0v) is 7.97. The lowest BCUT2D eigenvalue weighted by atomic mass is 10.0. The fourth-order valence-corrected chi connectivity index (χ4v) is 1.38. The second kappa shape index (κ2) is 3.42. The molecule has 0 fully saturated rings. The Kier molecular flexibility index (Phi) is 2.22. The number of carbonyl (C=O) groups is 1. The number of hydrogen-bond acceptors (Lipinski definition) is 2. The summed E-state index contributed by atoms with van der Waals surface area (Å²) in [6.07, 6.45) is -0.0145. The van der Waals surface area contributed by atoms with Crippen LogP contribution in [0.15, 0.2) is 17.2 Å². The number of aryl methyl sites for hydroxylation is 1. The van der Waals surface area contributed by atoms with Crippen LogP contribution in [0.1, 0.15) is 17.5 Å². The first-order valence-electron chi connectivity index (χ1n) is 4.39. The Morgan fingerprint density at radius 1 is 1.33 bits per heavy atom. The van der Waals surface area contributed by atoms with Crippen molar-refractivity contribution in [2.45, 2.75) is 13.3 Å². The standard InChI is InChI=1S/C10H8F2N2O/c1-5-2-8(12)6(3-7(5)11)9-4-10(15)14-13-9/h2-3H,4H2,1H3,(H,14,15). The average Bonchev–Trinajstić information content (AvgIpc) is 2.58. The third-order valence-corrected chi connectivity index (χ3v) is 2.20. The molecule has 0 unspecified atom stereocenters. The summed E-state index contributed by atoms with van der Waals surface area (Å²) in [7, 11) is 0. The topological polar surface area (TPSA) is 41.5 Å². The van der Waals surface area contributed by atoms with Gasteiger partial charge in [-0.2, -0.15) is 5.10 Å². The minimum Gasteiger partial charge on any atom is -0.273 e. The lowest BCUT2D eigenvalue weighted by Gasteiger charge is -2.03. The van der Waals surface area contributed by atoms with Gasteiger partial charge in [0.2, 0.25) is 5.91 Å². The normalized spacial score (nSPS) is 15.1. The van der Waals surface area contributed by atoms with E-state index in [1.54, 1.807) is 0 Å². The van der Waals surface area contributed by atoms with E-state index < -0.39 is 11.6 Å². The second-order valence-electron chi connectivity index (χ2n) is 3.35. The maximum atomic E-state index is 13.4. The van der Waals surface area contributed by atoms with Crippen LogP contribution >= 0.6 is 0 Å². The minimum absolute atomic E-state index is 0.0145. The molecule has 1 aromatic rings. The van der Waals surface area contributed by atoms with Gasteiger partial charge in [-0.05, 0) is 24.6 Å². The van der Waals surface area contributed by atoms with Crippen LogP contribution in [0.2, 0.25) is 0 Å². The van der Waals surface area contributed by atoms with Gasteiger partial charge < -0.3 is 0 Å². The van der Waals surface area contributed by atoms with E-state index in [0.29, 0.717) is 0 Å². The molecule has 2 rings (SSSR count). The van der Waals surface area contributed by atoms with Crippen LogP contribution in [0.25, 0.3) is 0 Å². The maximum absolute atomic E-state index is 13.4. The summed E-state index contributed by atoms with van der Waals surface area (Å²) in [5.74, 6) is -1.39. The molecule has 0 spiro atoms. The molecule has 0 radical (unpaired) electrons. The fourth-order valence-electron chi connectivity index (χ4n) is 1.38. The van der Waals surface area contributed by atoms with Crippen molar-refractivity contribution in [3.63, 3.8) is 0 Å². The summed E-state index contributed by atoms with van der Waals surface area (Å²) in [5, 5.41) is 3.63. The Bertz CT molecular complexity index is 469. The predicted octanol–water partition coefficient (Wildman–Crippen LogP) is 1.50. The van der Waals surface area contributed by atoms with Gasteiger partial charge in [-0.15, -0.1) is 0 Å². The fraction of sp³-hybridized carbons (Fsp3) is 0.200. The first-order valence-corrected chi connectivity index (χ1v) is 4.39. The third-order valence-electron chi connectivity index (χ3n) is 2.20. The maximum Gasteiger partial charge on any atom is 0.246 e. The smallest absolute Gasteiger partial charge is 0.246 e. The number of carbonyl (C=O) groups excluding carboxylic acids is 1. The monoisotopic (exact) mass is 210 g/mol. The molecule has 0 bridgehead atoms. The zero-order valence-electron chi connectivity index (χ0n) is 7.97. The molecule has 0 aliphatic carbocycles. The summed E-state index contributed by atoms with van der Waals surface area (Å²) in [6, 6.07) is 2.15. The molecule has 0 saturated heterocycles. The van der Waals surface area contributed by atoms with Crippen molar-refractivity contribution >= 4 is 11.6 Å². The molecule has 5 heteroatoms. The number of nitrogens with zero attached hydrogens (tertiary/aromatic N) is 1. The van der Waals surface area contributed by atoms with Crippen molar-refractivity contribution in [1.29, 1.82) is 0 Å². The number of hydrazone groups is 1. The highest BCUT2D eigenvalue weighted by Gasteiger charge is 2.20. The first-order chi connectivity index (χ1) is 7.08. The van der Waals surface area contributed by atoms with Gasteiger partial charge in [-0.3, -0.25) is 4.79 Å². The second-order valence-corrected chi connectivity index (χ2v) is 3.35.